The van der Waals surface area contributed by atoms with Crippen molar-refractivity contribution in [1.82, 2.24) is 0 Å². The number of rotatable bonds is 48. The van der Waals surface area contributed by atoms with Gasteiger partial charge in [-0.2, -0.15) is 0 Å². The summed E-state index contributed by atoms with van der Waals surface area (Å²) < 4.78 is 32.9. The maximum Gasteiger partial charge on any atom is 0.472 e. The minimum atomic E-state index is -4.38. The van der Waals surface area contributed by atoms with Crippen LogP contribution in [0.1, 0.15) is 258 Å². The fourth-order valence-corrected chi connectivity index (χ4v) is 8.16. The molecule has 3 N–H and O–H groups in total. The molecule has 0 bridgehead atoms. The lowest BCUT2D eigenvalue weighted by atomic mass is 10.0. The lowest BCUT2D eigenvalue weighted by molar-refractivity contribution is -0.161. The fourth-order valence-electron chi connectivity index (χ4n) is 7.40. The Balaban J connectivity index is 3.96. The number of esters is 2. The molecule has 2 unspecified atom stereocenters. The second kappa shape index (κ2) is 46.3. The van der Waals surface area contributed by atoms with Crippen LogP contribution >= 0.6 is 7.82 Å². The van der Waals surface area contributed by atoms with E-state index >= 15 is 0 Å². The molecule has 0 aliphatic rings. The number of carbonyl (C=O) groups excluding carboxylic acids is 2. The third-order valence-electron chi connectivity index (χ3n) is 11.2. The third-order valence-corrected chi connectivity index (χ3v) is 12.1. The van der Waals surface area contributed by atoms with Crippen LogP contribution in [0.5, 0.6) is 0 Å². The molecule has 9 nitrogen and oxygen atoms in total. The number of nitrogens with two attached hydrogens (primary N) is 1. The van der Waals surface area contributed by atoms with Crippen molar-refractivity contribution in [2.24, 2.45) is 5.73 Å². The predicted molar refractivity (Wildman–Crippen MR) is 248 cm³/mol. The first-order valence-corrected chi connectivity index (χ1v) is 26.7. The van der Waals surface area contributed by atoms with Gasteiger partial charge in [0.05, 0.1) is 13.2 Å². The Hall–Kier alpha value is -1.25. The first-order chi connectivity index (χ1) is 28.8. The average molecular weight is 858 g/mol. The van der Waals surface area contributed by atoms with E-state index < -0.39 is 26.5 Å². The summed E-state index contributed by atoms with van der Waals surface area (Å²) in [7, 11) is -4.38. The highest BCUT2D eigenvalue weighted by atomic mass is 31.2. The summed E-state index contributed by atoms with van der Waals surface area (Å²) >= 11 is 0. The summed E-state index contributed by atoms with van der Waals surface area (Å²) in [5.41, 5.74) is 5.36. The lowest BCUT2D eigenvalue weighted by Crippen LogP contribution is -2.29. The zero-order valence-electron chi connectivity index (χ0n) is 38.8. The molecule has 0 spiro atoms. The highest BCUT2D eigenvalue weighted by molar-refractivity contribution is 7.47. The van der Waals surface area contributed by atoms with E-state index in [-0.39, 0.29) is 38.6 Å². The van der Waals surface area contributed by atoms with E-state index in [1.165, 1.54) is 173 Å². The average Bonchev–Trinajstić information content (AvgIpc) is 3.22. The van der Waals surface area contributed by atoms with Crippen LogP contribution in [-0.4, -0.2) is 49.3 Å². The van der Waals surface area contributed by atoms with Gasteiger partial charge in [0.2, 0.25) is 0 Å². The molecule has 0 aliphatic carbocycles. The van der Waals surface area contributed by atoms with E-state index in [1.807, 2.05) is 0 Å². The molecule has 0 radical (unpaired) electrons. The summed E-state index contributed by atoms with van der Waals surface area (Å²) in [5, 5.41) is 0. The SMILES string of the molecule is CCCCCCC/C=C\CCCCCCCC(=O)OC(COC(=O)CCCCCCCCCCCCCCCCCCCCCCCCCC)COP(=O)(O)OCCN. The molecule has 0 aliphatic heterocycles. The molecule has 0 saturated carbocycles. The summed E-state index contributed by atoms with van der Waals surface area (Å²) in [6, 6.07) is 0. The highest BCUT2D eigenvalue weighted by Crippen LogP contribution is 2.43. The summed E-state index contributed by atoms with van der Waals surface area (Å²) in [4.78, 5) is 35.0. The van der Waals surface area contributed by atoms with Crippen LogP contribution in [0, 0.1) is 0 Å². The molecule has 0 saturated heterocycles. The quantitative estimate of drug-likeness (QED) is 0.0265. The molecule has 2 atom stereocenters. The third kappa shape index (κ3) is 46.1. The van der Waals surface area contributed by atoms with Crippen LogP contribution in [0.25, 0.3) is 0 Å². The molecular formula is C49H96NO8P. The summed E-state index contributed by atoms with van der Waals surface area (Å²) in [6.45, 7) is 3.76. The smallest absolute Gasteiger partial charge is 0.462 e. The van der Waals surface area contributed by atoms with Gasteiger partial charge in [-0.05, 0) is 38.5 Å². The lowest BCUT2D eigenvalue weighted by Gasteiger charge is -2.19. The summed E-state index contributed by atoms with van der Waals surface area (Å²) in [6.07, 6.45) is 49.7. The Labute approximate surface area is 364 Å². The Bertz CT molecular complexity index is 980. The normalized spacial score (nSPS) is 13.2. The van der Waals surface area contributed by atoms with Gasteiger partial charge < -0.3 is 20.1 Å². The van der Waals surface area contributed by atoms with Gasteiger partial charge in [0.15, 0.2) is 6.10 Å². The van der Waals surface area contributed by atoms with Gasteiger partial charge in [0, 0.05) is 19.4 Å². The van der Waals surface area contributed by atoms with Crippen molar-refractivity contribution < 1.29 is 37.6 Å². The van der Waals surface area contributed by atoms with E-state index in [0.29, 0.717) is 6.42 Å². The second-order valence-electron chi connectivity index (χ2n) is 17.0. The number of hydrogen-bond acceptors (Lipinski definition) is 8. The Morgan fingerprint density at radius 2 is 0.831 bits per heavy atom. The van der Waals surface area contributed by atoms with Crippen molar-refractivity contribution >= 4 is 19.8 Å². The Morgan fingerprint density at radius 1 is 0.492 bits per heavy atom. The maximum atomic E-state index is 12.6. The van der Waals surface area contributed by atoms with Crippen LogP contribution in [-0.2, 0) is 32.7 Å². The molecule has 59 heavy (non-hydrogen) atoms. The van der Waals surface area contributed by atoms with Gasteiger partial charge in [-0.25, -0.2) is 4.57 Å². The first-order valence-electron chi connectivity index (χ1n) is 25.2. The molecule has 0 heterocycles. The predicted octanol–water partition coefficient (Wildman–Crippen LogP) is 15.0. The van der Waals surface area contributed by atoms with Gasteiger partial charge in [0.1, 0.15) is 6.61 Å². The van der Waals surface area contributed by atoms with Crippen molar-refractivity contribution in [3.63, 3.8) is 0 Å². The van der Waals surface area contributed by atoms with E-state index in [9.17, 15) is 19.0 Å². The van der Waals surface area contributed by atoms with E-state index in [4.69, 9.17) is 24.3 Å². The Kier molecular flexibility index (Phi) is 45.3. The van der Waals surface area contributed by atoms with E-state index in [0.717, 1.165) is 51.4 Å². The molecule has 350 valence electrons. The van der Waals surface area contributed by atoms with Gasteiger partial charge in [-0.15, -0.1) is 0 Å². The van der Waals surface area contributed by atoms with Crippen LogP contribution in [0.4, 0.5) is 0 Å². The monoisotopic (exact) mass is 858 g/mol. The Morgan fingerprint density at radius 3 is 1.20 bits per heavy atom. The van der Waals surface area contributed by atoms with E-state index in [2.05, 4.69) is 26.0 Å². The number of allylic oxidation sites excluding steroid dienone is 2. The minimum absolute atomic E-state index is 0.0550. The van der Waals surface area contributed by atoms with Gasteiger partial charge in [-0.3, -0.25) is 18.6 Å². The number of phosphoric ester groups is 1. The second-order valence-corrected chi connectivity index (χ2v) is 18.5. The van der Waals surface area contributed by atoms with Crippen molar-refractivity contribution in [1.29, 1.82) is 0 Å². The zero-order chi connectivity index (χ0) is 43.2. The molecule has 0 rings (SSSR count). The molecule has 0 aromatic carbocycles. The standard InChI is InChI=1S/C49H96NO8P/c1-3-5-7-9-11-13-15-17-19-20-21-22-23-24-25-26-27-28-30-31-33-35-37-39-41-48(51)55-45-47(46-57-59(53,54)56-44-43-50)58-49(52)42-40-38-36-34-32-29-18-16-14-12-10-8-6-4-2/h16,18,47H,3-15,17,19-46,50H2,1-2H3,(H,53,54)/b18-16-. The molecule has 0 aromatic rings. The van der Waals surface area contributed by atoms with Crippen molar-refractivity contribution in [2.45, 2.75) is 264 Å². The number of carbonyl (C=O) groups is 2. The highest BCUT2D eigenvalue weighted by Gasteiger charge is 2.26. The van der Waals surface area contributed by atoms with Crippen molar-refractivity contribution in [3.8, 4) is 0 Å². The fraction of sp³-hybridized carbons (Fsp3) is 0.918. The van der Waals surface area contributed by atoms with Crippen LogP contribution in [0.2, 0.25) is 0 Å². The van der Waals surface area contributed by atoms with E-state index in [1.54, 1.807) is 0 Å². The molecule has 0 amide bonds. The number of phosphoric acid groups is 1. The maximum absolute atomic E-state index is 12.6. The van der Waals surface area contributed by atoms with Crippen molar-refractivity contribution in [3.05, 3.63) is 12.2 Å². The number of ether oxygens (including phenoxy) is 2. The van der Waals surface area contributed by atoms with Crippen LogP contribution < -0.4 is 5.73 Å². The first kappa shape index (κ1) is 57.8. The number of hydrogen-bond donors (Lipinski definition) is 2. The van der Waals surface area contributed by atoms with Crippen molar-refractivity contribution in [2.75, 3.05) is 26.4 Å². The summed E-state index contributed by atoms with van der Waals surface area (Å²) in [5.74, 6) is -0.824. The van der Waals surface area contributed by atoms with Gasteiger partial charge in [0.25, 0.3) is 0 Å². The van der Waals surface area contributed by atoms with Crippen LogP contribution in [0.15, 0.2) is 12.2 Å². The molecule has 10 heteroatoms. The largest absolute Gasteiger partial charge is 0.472 e. The molecular weight excluding hydrogens is 762 g/mol. The molecule has 0 aromatic heterocycles. The zero-order valence-corrected chi connectivity index (χ0v) is 39.7. The minimum Gasteiger partial charge on any atom is -0.462 e. The van der Waals surface area contributed by atoms with Gasteiger partial charge >= 0.3 is 19.8 Å². The molecule has 0 fully saturated rings. The van der Waals surface area contributed by atoms with Crippen LogP contribution in [0.3, 0.4) is 0 Å². The number of unbranched alkanes of at least 4 members (excludes halogenated alkanes) is 33. The van der Waals surface area contributed by atoms with Gasteiger partial charge in [-0.1, -0.05) is 219 Å². The topological polar surface area (TPSA) is 134 Å².